The highest BCUT2D eigenvalue weighted by Crippen LogP contribution is 2.28. The molecular weight excluding hydrogens is 236 g/mol. The minimum atomic E-state index is -0.382. The molecule has 0 bridgehead atoms. The molecule has 1 aromatic rings. The van der Waals surface area contributed by atoms with Crippen molar-refractivity contribution in [1.82, 2.24) is 0 Å². The summed E-state index contributed by atoms with van der Waals surface area (Å²) in [6, 6.07) is 5.93. The summed E-state index contributed by atoms with van der Waals surface area (Å²) in [6.07, 6.45) is 2.83. The number of carbonyl (C=O) groups is 1. The molecule has 0 fully saturated rings. The number of carbonyl (C=O) groups excluding carboxylic acids is 1. The largest absolute Gasteiger partial charge is 0.320 e. The zero-order valence-corrected chi connectivity index (χ0v) is 12.1. The summed E-state index contributed by atoms with van der Waals surface area (Å²) in [4.78, 5) is 14.4. The van der Waals surface area contributed by atoms with E-state index in [2.05, 4.69) is 39.0 Å². The van der Waals surface area contributed by atoms with Gasteiger partial charge in [-0.1, -0.05) is 31.5 Å². The second-order valence-corrected chi connectivity index (χ2v) is 5.96. The number of anilines is 1. The molecule has 0 aromatic heterocycles. The van der Waals surface area contributed by atoms with Gasteiger partial charge in [0.15, 0.2) is 0 Å². The standard InChI is InChI=1S/C16H24N2O/c1-11(2)9-14(17)16(19)18-8-4-5-13-10-12(3)6-7-15(13)18/h6-7,10-11,14H,4-5,8-9,17H2,1-3H3/t14-/m1/s1. The number of fused-ring (bicyclic) bond motifs is 1. The highest BCUT2D eigenvalue weighted by atomic mass is 16.2. The maximum atomic E-state index is 12.5. The monoisotopic (exact) mass is 260 g/mol. The Hall–Kier alpha value is -1.35. The zero-order valence-electron chi connectivity index (χ0n) is 12.1. The average molecular weight is 260 g/mol. The zero-order chi connectivity index (χ0) is 14.0. The van der Waals surface area contributed by atoms with E-state index in [0.717, 1.165) is 31.5 Å². The molecule has 2 rings (SSSR count). The van der Waals surface area contributed by atoms with Crippen molar-refractivity contribution in [1.29, 1.82) is 0 Å². The van der Waals surface area contributed by atoms with Gasteiger partial charge in [0.1, 0.15) is 0 Å². The van der Waals surface area contributed by atoms with Crippen LogP contribution in [-0.2, 0) is 11.2 Å². The molecule has 3 nitrogen and oxygen atoms in total. The Labute approximate surface area is 115 Å². The lowest BCUT2D eigenvalue weighted by Crippen LogP contribution is -2.46. The first-order chi connectivity index (χ1) is 8.99. The fourth-order valence-electron chi connectivity index (χ4n) is 2.76. The van der Waals surface area contributed by atoms with Crippen molar-refractivity contribution >= 4 is 11.6 Å². The Balaban J connectivity index is 2.21. The SMILES string of the molecule is Cc1ccc2c(c1)CCCN2C(=O)[C@H](N)CC(C)C. The van der Waals surface area contributed by atoms with E-state index >= 15 is 0 Å². The van der Waals surface area contributed by atoms with Gasteiger partial charge in [-0.25, -0.2) is 0 Å². The molecule has 1 amide bonds. The van der Waals surface area contributed by atoms with E-state index < -0.39 is 0 Å². The van der Waals surface area contributed by atoms with Crippen LogP contribution in [-0.4, -0.2) is 18.5 Å². The van der Waals surface area contributed by atoms with Crippen LogP contribution in [0.2, 0.25) is 0 Å². The van der Waals surface area contributed by atoms with E-state index in [9.17, 15) is 4.79 Å². The normalized spacial score (nSPS) is 16.4. The van der Waals surface area contributed by atoms with Crippen molar-refractivity contribution in [2.75, 3.05) is 11.4 Å². The first kappa shape index (κ1) is 14.1. The molecule has 1 aromatic carbocycles. The lowest BCUT2D eigenvalue weighted by Gasteiger charge is -2.32. The molecule has 1 heterocycles. The lowest BCUT2D eigenvalue weighted by atomic mass is 9.97. The Morgan fingerprint density at radius 3 is 2.84 bits per heavy atom. The van der Waals surface area contributed by atoms with Crippen molar-refractivity contribution in [3.05, 3.63) is 29.3 Å². The number of hydrogen-bond acceptors (Lipinski definition) is 2. The summed E-state index contributed by atoms with van der Waals surface area (Å²) in [5.74, 6) is 0.514. The predicted molar refractivity (Wildman–Crippen MR) is 79.3 cm³/mol. The second-order valence-electron chi connectivity index (χ2n) is 5.96. The van der Waals surface area contributed by atoms with Gasteiger partial charge in [-0.05, 0) is 43.7 Å². The van der Waals surface area contributed by atoms with Crippen LogP contribution in [0.1, 0.15) is 37.8 Å². The highest BCUT2D eigenvalue weighted by Gasteiger charge is 2.26. The van der Waals surface area contributed by atoms with Gasteiger partial charge in [0.2, 0.25) is 5.91 Å². The molecule has 0 aliphatic carbocycles. The molecule has 2 N–H and O–H groups in total. The molecule has 104 valence electrons. The van der Waals surface area contributed by atoms with Crippen molar-refractivity contribution in [2.24, 2.45) is 11.7 Å². The van der Waals surface area contributed by atoms with E-state index in [0.29, 0.717) is 5.92 Å². The summed E-state index contributed by atoms with van der Waals surface area (Å²) in [5.41, 5.74) is 9.63. The number of benzene rings is 1. The Bertz CT molecular complexity index is 468. The van der Waals surface area contributed by atoms with Crippen LogP contribution in [0.5, 0.6) is 0 Å². The number of hydrogen-bond donors (Lipinski definition) is 1. The fraction of sp³-hybridized carbons (Fsp3) is 0.562. The fourth-order valence-corrected chi connectivity index (χ4v) is 2.76. The number of nitrogens with two attached hydrogens (primary N) is 1. The van der Waals surface area contributed by atoms with Gasteiger partial charge in [0.25, 0.3) is 0 Å². The van der Waals surface area contributed by atoms with Gasteiger partial charge < -0.3 is 10.6 Å². The molecule has 0 saturated heterocycles. The van der Waals surface area contributed by atoms with E-state index in [1.807, 2.05) is 4.90 Å². The average Bonchev–Trinajstić information content (AvgIpc) is 2.36. The minimum absolute atomic E-state index is 0.0681. The molecule has 0 radical (unpaired) electrons. The van der Waals surface area contributed by atoms with Crippen LogP contribution >= 0.6 is 0 Å². The maximum absolute atomic E-state index is 12.5. The van der Waals surface area contributed by atoms with Gasteiger partial charge in [0.05, 0.1) is 6.04 Å². The van der Waals surface area contributed by atoms with Crippen LogP contribution in [0.3, 0.4) is 0 Å². The van der Waals surface area contributed by atoms with Gasteiger partial charge in [0, 0.05) is 12.2 Å². The molecule has 1 aliphatic rings. The van der Waals surface area contributed by atoms with Crippen LogP contribution in [0, 0.1) is 12.8 Å². The topological polar surface area (TPSA) is 46.3 Å². The van der Waals surface area contributed by atoms with Gasteiger partial charge in [-0.2, -0.15) is 0 Å². The first-order valence-electron chi connectivity index (χ1n) is 7.15. The van der Waals surface area contributed by atoms with Crippen molar-refractivity contribution in [3.63, 3.8) is 0 Å². The quantitative estimate of drug-likeness (QED) is 0.908. The molecular formula is C16H24N2O. The third-order valence-corrected chi connectivity index (χ3v) is 3.66. The summed E-state index contributed by atoms with van der Waals surface area (Å²) in [6.45, 7) is 7.08. The molecule has 1 atom stereocenters. The van der Waals surface area contributed by atoms with Crippen LogP contribution < -0.4 is 10.6 Å². The summed E-state index contributed by atoms with van der Waals surface area (Å²) in [7, 11) is 0. The third-order valence-electron chi connectivity index (χ3n) is 3.66. The summed E-state index contributed by atoms with van der Waals surface area (Å²) < 4.78 is 0. The third kappa shape index (κ3) is 3.16. The van der Waals surface area contributed by atoms with Gasteiger partial charge in [-0.15, -0.1) is 0 Å². The minimum Gasteiger partial charge on any atom is -0.320 e. The van der Waals surface area contributed by atoms with E-state index in [1.165, 1.54) is 11.1 Å². The summed E-state index contributed by atoms with van der Waals surface area (Å²) in [5, 5.41) is 0. The Morgan fingerprint density at radius 1 is 1.42 bits per heavy atom. The Morgan fingerprint density at radius 2 is 2.16 bits per heavy atom. The van der Waals surface area contributed by atoms with Crippen molar-refractivity contribution in [3.8, 4) is 0 Å². The van der Waals surface area contributed by atoms with Gasteiger partial charge in [-0.3, -0.25) is 4.79 Å². The van der Waals surface area contributed by atoms with Crippen LogP contribution in [0.4, 0.5) is 5.69 Å². The Kier molecular flexibility index (Phi) is 4.25. The molecule has 0 unspecified atom stereocenters. The van der Waals surface area contributed by atoms with Crippen molar-refractivity contribution < 1.29 is 4.79 Å². The predicted octanol–water partition coefficient (Wildman–Crippen LogP) is 2.65. The van der Waals surface area contributed by atoms with Crippen LogP contribution in [0.25, 0.3) is 0 Å². The molecule has 19 heavy (non-hydrogen) atoms. The molecule has 0 saturated carbocycles. The number of aryl methyl sites for hydroxylation is 2. The molecule has 1 aliphatic heterocycles. The number of amides is 1. The first-order valence-corrected chi connectivity index (χ1v) is 7.15. The molecule has 0 spiro atoms. The van der Waals surface area contributed by atoms with E-state index in [-0.39, 0.29) is 11.9 Å². The highest BCUT2D eigenvalue weighted by molar-refractivity contribution is 5.98. The van der Waals surface area contributed by atoms with Gasteiger partial charge >= 0.3 is 0 Å². The lowest BCUT2D eigenvalue weighted by molar-refractivity contribution is -0.120. The second kappa shape index (κ2) is 5.74. The summed E-state index contributed by atoms with van der Waals surface area (Å²) >= 11 is 0. The number of nitrogens with zero attached hydrogens (tertiary/aromatic N) is 1. The van der Waals surface area contributed by atoms with E-state index in [4.69, 9.17) is 5.73 Å². The van der Waals surface area contributed by atoms with E-state index in [1.54, 1.807) is 0 Å². The number of rotatable bonds is 3. The maximum Gasteiger partial charge on any atom is 0.243 e. The van der Waals surface area contributed by atoms with Crippen LogP contribution in [0.15, 0.2) is 18.2 Å². The molecule has 3 heteroatoms. The van der Waals surface area contributed by atoms with Crippen molar-refractivity contribution in [2.45, 2.75) is 46.1 Å². The smallest absolute Gasteiger partial charge is 0.243 e.